The third kappa shape index (κ3) is 6.17. The molecule has 198 valence electrons. The van der Waals surface area contributed by atoms with Crippen LogP contribution in [-0.4, -0.2) is 87.3 Å². The lowest BCUT2D eigenvalue weighted by Gasteiger charge is -2.36. The summed E-state index contributed by atoms with van der Waals surface area (Å²) in [7, 11) is 0. The van der Waals surface area contributed by atoms with E-state index in [0.717, 1.165) is 38.4 Å². The molecule has 1 N–H and O–H groups in total. The van der Waals surface area contributed by atoms with Gasteiger partial charge in [-0.25, -0.2) is 4.79 Å². The molecule has 11 heteroatoms. The minimum absolute atomic E-state index is 0.134. The maximum atomic E-state index is 13.3. The molecule has 2 aromatic carbocycles. The largest absolute Gasteiger partial charge is 0.462 e. The number of hydrogen-bond acceptors (Lipinski definition) is 9. The first-order valence-corrected chi connectivity index (χ1v) is 12.6. The molecule has 0 saturated carbocycles. The van der Waals surface area contributed by atoms with Crippen LogP contribution in [0.4, 0.5) is 22.7 Å². The van der Waals surface area contributed by atoms with Gasteiger partial charge in [0.2, 0.25) is 0 Å². The molecule has 2 aromatic rings. The summed E-state index contributed by atoms with van der Waals surface area (Å²) in [5.74, 6) is -0.975. The summed E-state index contributed by atoms with van der Waals surface area (Å²) in [6.45, 7) is 10.5. The first-order chi connectivity index (χ1) is 17.9. The number of benzene rings is 2. The SMILES string of the molecule is CCOC(=O)c1ccc(N2CCN(CC)CC2)c(NC(=O)c2ccc(N3CCOCC3)c([N+](=O)[O-])c2)c1. The van der Waals surface area contributed by atoms with Gasteiger partial charge in [-0.05, 0) is 43.8 Å². The first kappa shape index (κ1) is 26.4. The van der Waals surface area contributed by atoms with Crippen LogP contribution in [0.1, 0.15) is 34.6 Å². The predicted octanol–water partition coefficient (Wildman–Crippen LogP) is 3.00. The summed E-state index contributed by atoms with van der Waals surface area (Å²) >= 11 is 0. The number of anilines is 3. The molecular weight excluding hydrogens is 478 g/mol. The van der Waals surface area contributed by atoms with Crippen LogP contribution >= 0.6 is 0 Å². The minimum Gasteiger partial charge on any atom is -0.462 e. The van der Waals surface area contributed by atoms with Gasteiger partial charge in [-0.2, -0.15) is 0 Å². The number of nitrogens with one attached hydrogen (secondary N) is 1. The summed E-state index contributed by atoms with van der Waals surface area (Å²) in [5, 5.41) is 14.7. The second kappa shape index (κ2) is 12.0. The molecule has 0 unspecified atom stereocenters. The third-order valence-electron chi connectivity index (χ3n) is 6.70. The molecule has 2 aliphatic heterocycles. The quantitative estimate of drug-likeness (QED) is 0.324. The van der Waals surface area contributed by atoms with Gasteiger partial charge >= 0.3 is 5.97 Å². The molecule has 2 saturated heterocycles. The Morgan fingerprint density at radius 2 is 1.59 bits per heavy atom. The Balaban J connectivity index is 1.62. The van der Waals surface area contributed by atoms with Crippen molar-refractivity contribution >= 4 is 34.6 Å². The van der Waals surface area contributed by atoms with E-state index in [2.05, 4.69) is 22.0 Å². The van der Waals surface area contributed by atoms with Crippen LogP contribution in [0.2, 0.25) is 0 Å². The van der Waals surface area contributed by atoms with Gasteiger partial charge in [0.1, 0.15) is 5.69 Å². The Labute approximate surface area is 216 Å². The molecule has 0 atom stereocenters. The minimum atomic E-state index is -0.494. The highest BCUT2D eigenvalue weighted by atomic mass is 16.6. The molecule has 2 fully saturated rings. The normalized spacial score (nSPS) is 16.4. The van der Waals surface area contributed by atoms with Crippen molar-refractivity contribution in [2.75, 3.05) is 80.8 Å². The highest BCUT2D eigenvalue weighted by Gasteiger charge is 2.25. The second-order valence-electron chi connectivity index (χ2n) is 8.89. The summed E-state index contributed by atoms with van der Waals surface area (Å²) < 4.78 is 10.5. The highest BCUT2D eigenvalue weighted by molar-refractivity contribution is 6.07. The van der Waals surface area contributed by atoms with Gasteiger partial charge in [0, 0.05) is 50.9 Å². The summed E-state index contributed by atoms with van der Waals surface area (Å²) in [6, 6.07) is 9.61. The topological polar surface area (TPSA) is 117 Å². The van der Waals surface area contributed by atoms with Crippen molar-refractivity contribution in [3.8, 4) is 0 Å². The van der Waals surface area contributed by atoms with Crippen LogP contribution in [0.3, 0.4) is 0 Å². The summed E-state index contributed by atoms with van der Waals surface area (Å²) in [4.78, 5) is 43.5. The Morgan fingerprint density at radius 1 is 0.946 bits per heavy atom. The van der Waals surface area contributed by atoms with Crippen LogP contribution in [0.5, 0.6) is 0 Å². The number of nitrogens with zero attached hydrogens (tertiary/aromatic N) is 4. The number of nitro groups is 1. The summed E-state index contributed by atoms with van der Waals surface area (Å²) in [6.07, 6.45) is 0. The van der Waals surface area contributed by atoms with Gasteiger partial charge < -0.3 is 29.5 Å². The first-order valence-electron chi connectivity index (χ1n) is 12.6. The molecule has 1 amide bonds. The molecule has 37 heavy (non-hydrogen) atoms. The molecule has 0 spiro atoms. The van der Waals surface area contributed by atoms with Crippen molar-refractivity contribution in [3.05, 3.63) is 57.6 Å². The lowest BCUT2D eigenvalue weighted by Crippen LogP contribution is -2.46. The van der Waals surface area contributed by atoms with Crippen LogP contribution in [0.15, 0.2) is 36.4 Å². The zero-order valence-corrected chi connectivity index (χ0v) is 21.3. The van der Waals surface area contributed by atoms with Gasteiger partial charge in [0.05, 0.1) is 41.7 Å². The zero-order chi connectivity index (χ0) is 26.4. The van der Waals surface area contributed by atoms with Gasteiger partial charge in [-0.15, -0.1) is 0 Å². The number of rotatable bonds is 8. The molecule has 11 nitrogen and oxygen atoms in total. The number of ether oxygens (including phenoxy) is 2. The predicted molar refractivity (Wildman–Crippen MR) is 141 cm³/mol. The van der Waals surface area contributed by atoms with Gasteiger partial charge in [0.15, 0.2) is 0 Å². The van der Waals surface area contributed by atoms with E-state index in [1.54, 1.807) is 31.2 Å². The van der Waals surface area contributed by atoms with E-state index in [-0.39, 0.29) is 17.9 Å². The fourth-order valence-corrected chi connectivity index (χ4v) is 4.64. The number of carbonyl (C=O) groups is 2. The number of piperazine rings is 1. The molecule has 0 aliphatic carbocycles. The van der Waals surface area contributed by atoms with Crippen molar-refractivity contribution in [3.63, 3.8) is 0 Å². The lowest BCUT2D eigenvalue weighted by atomic mass is 10.1. The van der Waals surface area contributed by atoms with E-state index < -0.39 is 16.8 Å². The maximum absolute atomic E-state index is 13.3. The Kier molecular flexibility index (Phi) is 8.57. The molecular formula is C26H33N5O6. The summed E-state index contributed by atoms with van der Waals surface area (Å²) in [5.41, 5.74) is 2.06. The van der Waals surface area contributed by atoms with E-state index in [1.165, 1.54) is 6.07 Å². The monoisotopic (exact) mass is 511 g/mol. The van der Waals surface area contributed by atoms with Crippen molar-refractivity contribution in [2.45, 2.75) is 13.8 Å². The van der Waals surface area contributed by atoms with E-state index in [9.17, 15) is 19.7 Å². The van der Waals surface area contributed by atoms with Gasteiger partial charge in [0.25, 0.3) is 11.6 Å². The van der Waals surface area contributed by atoms with E-state index >= 15 is 0 Å². The van der Waals surface area contributed by atoms with Crippen LogP contribution < -0.4 is 15.1 Å². The zero-order valence-electron chi connectivity index (χ0n) is 21.3. The molecule has 0 radical (unpaired) electrons. The Morgan fingerprint density at radius 3 is 2.24 bits per heavy atom. The van der Waals surface area contributed by atoms with Gasteiger partial charge in [-0.3, -0.25) is 14.9 Å². The van der Waals surface area contributed by atoms with E-state index in [0.29, 0.717) is 43.2 Å². The van der Waals surface area contributed by atoms with Crippen molar-refractivity contribution in [2.24, 2.45) is 0 Å². The van der Waals surface area contributed by atoms with Crippen molar-refractivity contribution < 1.29 is 24.0 Å². The average molecular weight is 512 g/mol. The molecule has 2 aliphatic rings. The van der Waals surface area contributed by atoms with E-state index in [4.69, 9.17) is 9.47 Å². The molecule has 0 aromatic heterocycles. The molecule has 2 heterocycles. The number of carbonyl (C=O) groups excluding carboxylic acids is 2. The third-order valence-corrected chi connectivity index (χ3v) is 6.70. The highest BCUT2D eigenvalue weighted by Crippen LogP contribution is 2.32. The number of nitro benzene ring substituents is 1. The number of amides is 1. The Bertz CT molecular complexity index is 1140. The average Bonchev–Trinajstić information content (AvgIpc) is 2.93. The fourth-order valence-electron chi connectivity index (χ4n) is 4.64. The number of esters is 1. The molecule has 4 rings (SSSR count). The van der Waals surface area contributed by atoms with Crippen molar-refractivity contribution in [1.29, 1.82) is 0 Å². The van der Waals surface area contributed by atoms with E-state index in [1.807, 2.05) is 11.0 Å². The van der Waals surface area contributed by atoms with Crippen LogP contribution in [-0.2, 0) is 9.47 Å². The van der Waals surface area contributed by atoms with Crippen molar-refractivity contribution in [1.82, 2.24) is 4.90 Å². The smallest absolute Gasteiger partial charge is 0.338 e. The maximum Gasteiger partial charge on any atom is 0.338 e. The lowest BCUT2D eigenvalue weighted by molar-refractivity contribution is -0.384. The number of likely N-dealkylation sites (N-methyl/N-ethyl adjacent to an activating group) is 1. The molecule has 0 bridgehead atoms. The number of morpholine rings is 1. The fraction of sp³-hybridized carbons (Fsp3) is 0.462. The van der Waals surface area contributed by atoms with Crippen LogP contribution in [0, 0.1) is 10.1 Å². The number of hydrogen-bond donors (Lipinski definition) is 1. The standard InChI is InChI=1S/C26H33N5O6/c1-3-28-9-11-29(12-10-28)22-7-6-20(26(33)37-4-2)17-21(22)27-25(32)19-5-8-23(24(18-19)31(34)35)30-13-15-36-16-14-30/h5-8,17-18H,3-4,9-16H2,1-2H3,(H,27,32). The van der Waals surface area contributed by atoms with Crippen LogP contribution in [0.25, 0.3) is 0 Å². The Hall–Kier alpha value is -3.70. The second-order valence-corrected chi connectivity index (χ2v) is 8.89. The van der Waals surface area contributed by atoms with Gasteiger partial charge in [-0.1, -0.05) is 6.92 Å².